The summed E-state index contributed by atoms with van der Waals surface area (Å²) in [5, 5.41) is 21.3. The predicted molar refractivity (Wildman–Crippen MR) is 93.6 cm³/mol. The van der Waals surface area contributed by atoms with Crippen LogP contribution in [0.5, 0.6) is 0 Å². The average Bonchev–Trinajstić information content (AvgIpc) is 2.71. The number of rotatable bonds is 3. The molecule has 0 saturated carbocycles. The first-order valence-corrected chi connectivity index (χ1v) is 7.60. The minimum Gasteiger partial charge on any atom is -0.476 e. The number of amides is 1. The van der Waals surface area contributed by atoms with Gasteiger partial charge in [0.2, 0.25) is 11.6 Å². The summed E-state index contributed by atoms with van der Waals surface area (Å²) in [7, 11) is 0. The van der Waals surface area contributed by atoms with Gasteiger partial charge < -0.3 is 10.3 Å². The topological polar surface area (TPSA) is 103 Å². The summed E-state index contributed by atoms with van der Waals surface area (Å²) in [4.78, 5) is 29.7. The van der Waals surface area contributed by atoms with Crippen LogP contribution in [0.4, 0.5) is 17.1 Å². The van der Waals surface area contributed by atoms with E-state index in [-0.39, 0.29) is 12.1 Å². The number of carbonyl (C=O) groups excluding carboxylic acids is 1. The lowest BCUT2D eigenvalue weighted by Gasteiger charge is -2.22. The highest BCUT2D eigenvalue weighted by Crippen LogP contribution is 2.38. The molecule has 3 rings (SSSR count). The van der Waals surface area contributed by atoms with Crippen molar-refractivity contribution in [3.8, 4) is 0 Å². The Balaban J connectivity index is 2.20. The van der Waals surface area contributed by atoms with Crippen molar-refractivity contribution in [2.24, 2.45) is 10.1 Å². The molecule has 0 aromatic heterocycles. The number of carboxylic acids is 1. The summed E-state index contributed by atoms with van der Waals surface area (Å²) in [5.41, 5.74) is 0.536. The van der Waals surface area contributed by atoms with Crippen LogP contribution in [0.2, 0.25) is 5.02 Å². The van der Waals surface area contributed by atoms with E-state index in [1.54, 1.807) is 42.5 Å². The van der Waals surface area contributed by atoms with Gasteiger partial charge in [0.25, 0.3) is 0 Å². The molecule has 2 aromatic carbocycles. The number of carbonyl (C=O) groups is 2. The van der Waals surface area contributed by atoms with Gasteiger partial charge >= 0.3 is 5.97 Å². The molecule has 0 bridgehead atoms. The highest BCUT2D eigenvalue weighted by molar-refractivity contribution is 6.67. The van der Waals surface area contributed by atoms with Gasteiger partial charge in [-0.25, -0.2) is 9.79 Å². The van der Waals surface area contributed by atoms with Crippen LogP contribution in [-0.4, -0.2) is 33.6 Å². The molecule has 7 nitrogen and oxygen atoms in total. The zero-order valence-corrected chi connectivity index (χ0v) is 13.5. The van der Waals surface area contributed by atoms with Gasteiger partial charge in [0.1, 0.15) is 0 Å². The van der Waals surface area contributed by atoms with Gasteiger partial charge in [0.05, 0.1) is 23.5 Å². The molecule has 0 atom stereocenters. The number of aliphatic carboxylic acids is 1. The van der Waals surface area contributed by atoms with Crippen LogP contribution in [0, 0.1) is 0 Å². The first kappa shape index (κ1) is 16.7. The van der Waals surface area contributed by atoms with Crippen LogP contribution in [0.25, 0.3) is 0 Å². The van der Waals surface area contributed by atoms with Crippen LogP contribution >= 0.6 is 11.6 Å². The number of anilines is 2. The quantitative estimate of drug-likeness (QED) is 0.499. The Labute approximate surface area is 147 Å². The number of nitrogens with zero attached hydrogens (tertiary/aromatic N) is 3. The van der Waals surface area contributed by atoms with Gasteiger partial charge in [0.15, 0.2) is 0 Å². The molecule has 2 aromatic rings. The summed E-state index contributed by atoms with van der Waals surface area (Å²) < 4.78 is 0. The van der Waals surface area contributed by atoms with Gasteiger partial charge in [-0.2, -0.15) is 0 Å². The number of carboxylic acid groups (broad SMARTS) is 1. The molecule has 25 heavy (non-hydrogen) atoms. The summed E-state index contributed by atoms with van der Waals surface area (Å²) >= 11 is 6.06. The zero-order valence-electron chi connectivity index (χ0n) is 12.8. The fourth-order valence-corrected chi connectivity index (χ4v) is 2.70. The summed E-state index contributed by atoms with van der Waals surface area (Å²) in [5.74, 6) is -1.90. The molecule has 1 heterocycles. The van der Waals surface area contributed by atoms with Crippen molar-refractivity contribution in [3.05, 3.63) is 53.6 Å². The number of benzene rings is 2. The van der Waals surface area contributed by atoms with Crippen LogP contribution in [0.1, 0.15) is 6.42 Å². The highest BCUT2D eigenvalue weighted by Gasteiger charge is 2.30. The van der Waals surface area contributed by atoms with Gasteiger partial charge in [-0.05, 0) is 30.3 Å². The Hall–Kier alpha value is -3.19. The molecular formula is C17H12ClN3O4. The maximum atomic E-state index is 12.8. The molecule has 1 amide bonds. The maximum Gasteiger partial charge on any atom is 0.359 e. The molecule has 0 fully saturated rings. The third-order valence-corrected chi connectivity index (χ3v) is 3.83. The van der Waals surface area contributed by atoms with Crippen molar-refractivity contribution >= 4 is 52.0 Å². The van der Waals surface area contributed by atoms with Crippen LogP contribution in [-0.2, 0) is 9.59 Å². The fourth-order valence-electron chi connectivity index (χ4n) is 2.53. The van der Waals surface area contributed by atoms with E-state index >= 15 is 0 Å². The van der Waals surface area contributed by atoms with Crippen molar-refractivity contribution < 1.29 is 19.9 Å². The minimum absolute atomic E-state index is 0.137. The fraction of sp³-hybridized carbons (Fsp3) is 0.0588. The van der Waals surface area contributed by atoms with E-state index in [1.165, 1.54) is 4.90 Å². The Morgan fingerprint density at radius 1 is 1.20 bits per heavy atom. The summed E-state index contributed by atoms with van der Waals surface area (Å²) in [6, 6.07) is 13.6. The van der Waals surface area contributed by atoms with E-state index in [2.05, 4.69) is 10.1 Å². The van der Waals surface area contributed by atoms with Crippen molar-refractivity contribution in [3.63, 3.8) is 0 Å². The first-order chi connectivity index (χ1) is 12.0. The van der Waals surface area contributed by atoms with Crippen molar-refractivity contribution in [1.82, 2.24) is 0 Å². The number of hydrogen-bond acceptors (Lipinski definition) is 5. The van der Waals surface area contributed by atoms with Crippen molar-refractivity contribution in [1.29, 1.82) is 0 Å². The Kier molecular flexibility index (Phi) is 4.49. The molecular weight excluding hydrogens is 346 g/mol. The molecule has 2 N–H and O–H groups in total. The Bertz CT molecular complexity index is 909. The number of aliphatic imine (C=N–C) groups is 1. The van der Waals surface area contributed by atoms with Gasteiger partial charge in [-0.3, -0.25) is 9.69 Å². The monoisotopic (exact) mass is 357 g/mol. The second-order valence-electron chi connectivity index (χ2n) is 5.19. The molecule has 0 radical (unpaired) electrons. The smallest absolute Gasteiger partial charge is 0.359 e. The van der Waals surface area contributed by atoms with Gasteiger partial charge in [0, 0.05) is 10.7 Å². The Morgan fingerprint density at radius 2 is 1.92 bits per heavy atom. The lowest BCUT2D eigenvalue weighted by atomic mass is 10.1. The van der Waals surface area contributed by atoms with Crippen molar-refractivity contribution in [2.45, 2.75) is 6.42 Å². The largest absolute Gasteiger partial charge is 0.476 e. The molecule has 0 spiro atoms. The van der Waals surface area contributed by atoms with Gasteiger partial charge in [-0.1, -0.05) is 35.0 Å². The number of oxime groups is 1. The maximum absolute atomic E-state index is 12.8. The molecule has 126 valence electrons. The van der Waals surface area contributed by atoms with E-state index in [4.69, 9.17) is 21.9 Å². The molecule has 1 aliphatic heterocycles. The third kappa shape index (κ3) is 3.22. The van der Waals surface area contributed by atoms with Crippen LogP contribution < -0.4 is 4.90 Å². The van der Waals surface area contributed by atoms with E-state index in [9.17, 15) is 9.59 Å². The Morgan fingerprint density at radius 3 is 2.56 bits per heavy atom. The minimum atomic E-state index is -1.47. The average molecular weight is 358 g/mol. The number of hydrogen-bond donors (Lipinski definition) is 2. The lowest BCUT2D eigenvalue weighted by Crippen LogP contribution is -2.31. The molecule has 8 heteroatoms. The second-order valence-corrected chi connectivity index (χ2v) is 5.62. The standard InChI is InChI=1S/C17H12ClN3O4/c18-10-6-7-12-14(8-10)21(11-4-2-1-3-5-11)15(22)9-13(19-12)16(20-25)17(23)24/h1-8,25H,9H2,(H,23,24). The lowest BCUT2D eigenvalue weighted by molar-refractivity contribution is -0.129. The molecule has 1 aliphatic rings. The summed E-state index contributed by atoms with van der Waals surface area (Å²) in [6.07, 6.45) is -0.340. The number of fused-ring (bicyclic) bond motifs is 1. The van der Waals surface area contributed by atoms with E-state index in [0.29, 0.717) is 22.1 Å². The second kappa shape index (κ2) is 6.74. The van der Waals surface area contributed by atoms with Gasteiger partial charge in [-0.15, -0.1) is 0 Å². The highest BCUT2D eigenvalue weighted by atomic mass is 35.5. The number of para-hydroxylation sites is 1. The van der Waals surface area contributed by atoms with Crippen LogP contribution in [0.3, 0.4) is 0 Å². The molecule has 0 unspecified atom stereocenters. The van der Waals surface area contributed by atoms with E-state index < -0.39 is 17.6 Å². The SMILES string of the molecule is O=C(O)C(=NO)C1=Nc2ccc(Cl)cc2N(c2ccccc2)C(=O)C1. The first-order valence-electron chi connectivity index (χ1n) is 7.22. The normalized spacial score (nSPS) is 14.6. The van der Waals surface area contributed by atoms with E-state index in [1.807, 2.05) is 6.07 Å². The predicted octanol–water partition coefficient (Wildman–Crippen LogP) is 3.40. The van der Waals surface area contributed by atoms with E-state index in [0.717, 1.165) is 0 Å². The summed E-state index contributed by atoms with van der Waals surface area (Å²) in [6.45, 7) is 0. The molecule has 0 saturated heterocycles. The van der Waals surface area contributed by atoms with Crippen LogP contribution in [0.15, 0.2) is 58.7 Å². The third-order valence-electron chi connectivity index (χ3n) is 3.59. The number of halogens is 1. The zero-order chi connectivity index (χ0) is 18.0. The van der Waals surface area contributed by atoms with Crippen molar-refractivity contribution in [2.75, 3.05) is 4.90 Å². The molecule has 0 aliphatic carbocycles.